The Bertz CT molecular complexity index is 346. The van der Waals surface area contributed by atoms with Crippen LogP contribution in [0, 0.1) is 0 Å². The normalized spacial score (nSPS) is 11.9. The summed E-state index contributed by atoms with van der Waals surface area (Å²) in [5.74, 6) is -0.726. The van der Waals surface area contributed by atoms with Crippen LogP contribution in [-0.2, 0) is 13.6 Å². The van der Waals surface area contributed by atoms with Crippen molar-refractivity contribution in [3.8, 4) is 11.8 Å². The molecule has 0 unspecified atom stereocenters. The molecule has 86 valence electrons. The van der Waals surface area contributed by atoms with Crippen molar-refractivity contribution in [1.29, 1.82) is 0 Å². The molecule has 1 aromatic heterocycles. The van der Waals surface area contributed by atoms with Gasteiger partial charge in [-0.2, -0.15) is 4.34 Å². The molecule has 0 aliphatic rings. The van der Waals surface area contributed by atoms with Gasteiger partial charge in [0.2, 0.25) is 11.8 Å². The third-order valence-electron chi connectivity index (χ3n) is 1.64. The number of aromatic hydroxyl groups is 2. The summed E-state index contributed by atoms with van der Waals surface area (Å²) < 4.78 is 22.8. The van der Waals surface area contributed by atoms with Crippen LogP contribution in [0.2, 0.25) is 0 Å². The van der Waals surface area contributed by atoms with Gasteiger partial charge in [-0.3, -0.25) is 9.05 Å². The van der Waals surface area contributed by atoms with E-state index in [0.29, 0.717) is 0 Å². The lowest BCUT2D eigenvalue weighted by atomic mass is 10.6. The first kappa shape index (κ1) is 12.1. The molecule has 0 bridgehead atoms. The maximum Gasteiger partial charge on any atom is 0.444 e. The Balaban J connectivity index is 3.14. The lowest BCUT2D eigenvalue weighted by Crippen LogP contribution is -2.04. The summed E-state index contributed by atoms with van der Waals surface area (Å²) in [6, 6.07) is 2.42. The van der Waals surface area contributed by atoms with Crippen molar-refractivity contribution in [3.63, 3.8) is 0 Å². The second kappa shape index (κ2) is 4.70. The Kier molecular flexibility index (Phi) is 3.79. The molecule has 0 saturated heterocycles. The van der Waals surface area contributed by atoms with Gasteiger partial charge in [0.05, 0.1) is 13.2 Å². The van der Waals surface area contributed by atoms with Crippen molar-refractivity contribution >= 4 is 7.75 Å². The van der Waals surface area contributed by atoms with E-state index in [2.05, 4.69) is 0 Å². The van der Waals surface area contributed by atoms with Crippen LogP contribution >= 0.6 is 7.75 Å². The van der Waals surface area contributed by atoms with Gasteiger partial charge in [-0.25, -0.2) is 4.57 Å². The first-order valence-electron chi connectivity index (χ1n) is 4.54. The van der Waals surface area contributed by atoms with Crippen molar-refractivity contribution < 1.29 is 23.8 Å². The molecule has 2 N–H and O–H groups in total. The number of nitrogens with zero attached hydrogens (tertiary/aromatic N) is 1. The zero-order valence-corrected chi connectivity index (χ0v) is 9.48. The van der Waals surface area contributed by atoms with Gasteiger partial charge in [-0.1, -0.05) is 0 Å². The average Bonchev–Trinajstić information content (AvgIpc) is 2.47. The van der Waals surface area contributed by atoms with Crippen LogP contribution in [0.4, 0.5) is 0 Å². The highest BCUT2D eigenvalue weighted by atomic mass is 31.2. The van der Waals surface area contributed by atoms with Crippen molar-refractivity contribution in [2.24, 2.45) is 0 Å². The number of aromatic nitrogens is 1. The highest BCUT2D eigenvalue weighted by molar-refractivity contribution is 7.52. The predicted molar refractivity (Wildman–Crippen MR) is 54.0 cm³/mol. The Labute approximate surface area is 87.6 Å². The molecule has 7 heteroatoms. The number of hydrogen-bond acceptors (Lipinski definition) is 5. The number of hydrogen-bond donors (Lipinski definition) is 2. The third kappa shape index (κ3) is 2.34. The highest BCUT2D eigenvalue weighted by Gasteiger charge is 2.31. The highest BCUT2D eigenvalue weighted by Crippen LogP contribution is 2.54. The van der Waals surface area contributed by atoms with E-state index in [4.69, 9.17) is 9.05 Å². The summed E-state index contributed by atoms with van der Waals surface area (Å²) in [4.78, 5) is 0. The van der Waals surface area contributed by atoms with Crippen molar-refractivity contribution in [1.82, 2.24) is 4.34 Å². The summed E-state index contributed by atoms with van der Waals surface area (Å²) >= 11 is 0. The zero-order valence-electron chi connectivity index (χ0n) is 8.58. The standard InChI is InChI=1S/C8H14NO5P/c1-3-13-15(12,14-4-2)9-7(10)5-6-8(9)11/h5-6,10-11H,3-4H2,1-2H3. The number of rotatable bonds is 5. The van der Waals surface area contributed by atoms with Gasteiger partial charge in [-0.05, 0) is 13.8 Å². The van der Waals surface area contributed by atoms with Gasteiger partial charge in [0.1, 0.15) is 0 Å². The molecule has 0 radical (unpaired) electrons. The van der Waals surface area contributed by atoms with E-state index in [-0.39, 0.29) is 25.0 Å². The molecule has 0 aromatic carbocycles. The van der Waals surface area contributed by atoms with Crippen LogP contribution in [0.5, 0.6) is 11.8 Å². The third-order valence-corrected chi connectivity index (χ3v) is 3.71. The minimum atomic E-state index is -3.68. The van der Waals surface area contributed by atoms with Crippen molar-refractivity contribution in [2.75, 3.05) is 13.2 Å². The smallest absolute Gasteiger partial charge is 0.444 e. The molecule has 0 atom stereocenters. The molecule has 1 heterocycles. The molecule has 0 aliphatic heterocycles. The fourth-order valence-electron chi connectivity index (χ4n) is 1.14. The topological polar surface area (TPSA) is 80.9 Å². The van der Waals surface area contributed by atoms with E-state index >= 15 is 0 Å². The SMILES string of the molecule is CCOP(=O)(OCC)n1c(O)ccc1O. The maximum atomic E-state index is 12.1. The summed E-state index contributed by atoms with van der Waals surface area (Å²) in [6.45, 7) is 3.58. The van der Waals surface area contributed by atoms with Crippen molar-refractivity contribution in [2.45, 2.75) is 13.8 Å². The van der Waals surface area contributed by atoms with Gasteiger partial charge in [0.25, 0.3) is 0 Å². The van der Waals surface area contributed by atoms with E-state index in [0.717, 1.165) is 4.34 Å². The van der Waals surface area contributed by atoms with Crippen molar-refractivity contribution in [3.05, 3.63) is 12.1 Å². The first-order chi connectivity index (χ1) is 7.05. The fourth-order valence-corrected chi connectivity index (χ4v) is 2.73. The molecule has 6 nitrogen and oxygen atoms in total. The van der Waals surface area contributed by atoms with Gasteiger partial charge < -0.3 is 10.2 Å². The maximum absolute atomic E-state index is 12.1. The predicted octanol–water partition coefficient (Wildman–Crippen LogP) is 1.93. The van der Waals surface area contributed by atoms with Crippen LogP contribution in [0.25, 0.3) is 0 Å². The van der Waals surface area contributed by atoms with Crippen LogP contribution in [0.3, 0.4) is 0 Å². The molecule has 1 rings (SSSR count). The Morgan fingerprint density at radius 3 is 1.93 bits per heavy atom. The Hall–Kier alpha value is -0.970. The van der Waals surface area contributed by atoms with E-state index in [1.165, 1.54) is 12.1 Å². The van der Waals surface area contributed by atoms with Gasteiger partial charge in [0.15, 0.2) is 0 Å². The monoisotopic (exact) mass is 235 g/mol. The van der Waals surface area contributed by atoms with Gasteiger partial charge in [0, 0.05) is 12.1 Å². The summed E-state index contributed by atoms with van der Waals surface area (Å²) in [5.41, 5.74) is 0. The largest absolute Gasteiger partial charge is 0.494 e. The molecular formula is C8H14NO5P. The van der Waals surface area contributed by atoms with Crippen LogP contribution in [0.1, 0.15) is 13.8 Å². The van der Waals surface area contributed by atoms with E-state index in [1.807, 2.05) is 0 Å². The summed E-state index contributed by atoms with van der Waals surface area (Å²) in [5, 5.41) is 18.8. The molecule has 0 amide bonds. The van der Waals surface area contributed by atoms with Gasteiger partial charge in [-0.15, -0.1) is 0 Å². The minimum Gasteiger partial charge on any atom is -0.494 e. The zero-order chi connectivity index (χ0) is 11.5. The van der Waals surface area contributed by atoms with Gasteiger partial charge >= 0.3 is 7.75 Å². The molecule has 0 saturated carbocycles. The van der Waals surface area contributed by atoms with E-state index in [9.17, 15) is 14.8 Å². The van der Waals surface area contributed by atoms with Crippen LogP contribution in [0.15, 0.2) is 12.1 Å². The molecular weight excluding hydrogens is 221 g/mol. The molecule has 15 heavy (non-hydrogen) atoms. The first-order valence-corrected chi connectivity index (χ1v) is 6.04. The average molecular weight is 235 g/mol. The quantitative estimate of drug-likeness (QED) is 0.762. The van der Waals surface area contributed by atoms with E-state index in [1.54, 1.807) is 13.8 Å². The fraction of sp³-hybridized carbons (Fsp3) is 0.500. The summed E-state index contributed by atoms with van der Waals surface area (Å²) in [6.07, 6.45) is 0. The Morgan fingerprint density at radius 2 is 1.60 bits per heavy atom. The second-order valence-corrected chi connectivity index (χ2v) is 4.52. The van der Waals surface area contributed by atoms with E-state index < -0.39 is 7.75 Å². The van der Waals surface area contributed by atoms with Crippen LogP contribution < -0.4 is 0 Å². The molecule has 1 aromatic rings. The van der Waals surface area contributed by atoms with Crippen LogP contribution in [-0.4, -0.2) is 27.8 Å². The molecule has 0 aliphatic carbocycles. The molecule has 0 spiro atoms. The lowest BCUT2D eigenvalue weighted by molar-refractivity contribution is 0.206. The molecule has 0 fully saturated rings. The second-order valence-electron chi connectivity index (χ2n) is 2.67. The summed E-state index contributed by atoms with van der Waals surface area (Å²) in [7, 11) is -3.68. The Morgan fingerprint density at radius 1 is 1.20 bits per heavy atom. The lowest BCUT2D eigenvalue weighted by Gasteiger charge is -2.18. The minimum absolute atomic E-state index is 0.147.